The van der Waals surface area contributed by atoms with E-state index in [2.05, 4.69) is 14.8 Å². The number of benzene rings is 2. The van der Waals surface area contributed by atoms with Crippen LogP contribution in [0.15, 0.2) is 53.7 Å². The van der Waals surface area contributed by atoms with Crippen molar-refractivity contribution in [1.29, 1.82) is 0 Å². The first-order chi connectivity index (χ1) is 15.2. The average molecular weight is 457 g/mol. The van der Waals surface area contributed by atoms with Crippen LogP contribution in [0, 0.1) is 12.7 Å². The number of methoxy groups -OCH3 is 2. The predicted molar refractivity (Wildman–Crippen MR) is 118 cm³/mol. The molecular formula is C21H20FN5O4S. The molecule has 0 aliphatic carbocycles. The van der Waals surface area contributed by atoms with Crippen molar-refractivity contribution >= 4 is 27.2 Å². The number of rotatable bonds is 6. The van der Waals surface area contributed by atoms with Gasteiger partial charge in [0.2, 0.25) is 0 Å². The van der Waals surface area contributed by atoms with Crippen LogP contribution in [0.25, 0.3) is 16.8 Å². The summed E-state index contributed by atoms with van der Waals surface area (Å²) in [6, 6.07) is 8.53. The number of sulfonamides is 1. The van der Waals surface area contributed by atoms with Gasteiger partial charge in [0.15, 0.2) is 17.1 Å². The third kappa shape index (κ3) is 3.66. The van der Waals surface area contributed by atoms with Gasteiger partial charge < -0.3 is 15.2 Å². The van der Waals surface area contributed by atoms with Crippen LogP contribution in [-0.4, -0.2) is 37.2 Å². The number of hydrogen-bond donors (Lipinski definition) is 2. The van der Waals surface area contributed by atoms with Crippen molar-refractivity contribution in [1.82, 2.24) is 14.6 Å². The number of nitrogens with one attached hydrogen (secondary N) is 1. The fraction of sp³-hybridized carbons (Fsp3) is 0.143. The standard InChI is InChI=1S/C21H20FN5O4S/c1-12-8-17(30-2)18(31-3)10-19(12)32(28,29)26-13-4-5-14(16(22)9-13)15-11-24-20-6-7-25-27(20)21(15)23/h4-11,26H,23H2,1-3H3. The van der Waals surface area contributed by atoms with Gasteiger partial charge in [-0.15, -0.1) is 0 Å². The van der Waals surface area contributed by atoms with Gasteiger partial charge in [-0.1, -0.05) is 0 Å². The highest BCUT2D eigenvalue weighted by molar-refractivity contribution is 7.92. The number of nitrogens with zero attached hydrogens (tertiary/aromatic N) is 3. The van der Waals surface area contributed by atoms with Gasteiger partial charge >= 0.3 is 0 Å². The van der Waals surface area contributed by atoms with E-state index in [1.54, 1.807) is 19.1 Å². The number of hydrogen-bond acceptors (Lipinski definition) is 7. The first kappa shape index (κ1) is 21.4. The number of ether oxygens (including phenoxy) is 2. The summed E-state index contributed by atoms with van der Waals surface area (Å²) in [4.78, 5) is 4.18. The molecule has 0 atom stereocenters. The zero-order chi connectivity index (χ0) is 23.0. The molecule has 0 spiro atoms. The fourth-order valence-corrected chi connectivity index (χ4v) is 4.65. The SMILES string of the molecule is COc1cc(C)c(S(=O)(=O)Nc2ccc(-c3cnc4ccnn4c3N)c(F)c2)cc1OC. The lowest BCUT2D eigenvalue weighted by molar-refractivity contribution is 0.353. The fourth-order valence-electron chi connectivity index (χ4n) is 3.36. The number of fused-ring (bicyclic) bond motifs is 1. The Bertz CT molecular complexity index is 1440. The van der Waals surface area contributed by atoms with Gasteiger partial charge in [0.1, 0.15) is 11.6 Å². The van der Waals surface area contributed by atoms with Gasteiger partial charge in [0.05, 0.1) is 31.0 Å². The lowest BCUT2D eigenvalue weighted by atomic mass is 10.1. The van der Waals surface area contributed by atoms with Crippen molar-refractivity contribution in [3.05, 3.63) is 60.2 Å². The Labute approximate surface area is 183 Å². The molecule has 2 aromatic carbocycles. The van der Waals surface area contributed by atoms with Crippen molar-refractivity contribution < 1.29 is 22.3 Å². The molecule has 166 valence electrons. The van der Waals surface area contributed by atoms with Crippen LogP contribution < -0.4 is 19.9 Å². The minimum absolute atomic E-state index is 0.0165. The first-order valence-corrected chi connectivity index (χ1v) is 10.9. The second kappa shape index (κ2) is 8.00. The number of aryl methyl sites for hydroxylation is 1. The minimum Gasteiger partial charge on any atom is -0.493 e. The Morgan fingerprint density at radius 2 is 1.78 bits per heavy atom. The van der Waals surface area contributed by atoms with Gasteiger partial charge in [0, 0.05) is 29.5 Å². The maximum absolute atomic E-state index is 14.9. The molecule has 2 heterocycles. The van der Waals surface area contributed by atoms with E-state index >= 15 is 0 Å². The number of anilines is 2. The Balaban J connectivity index is 1.68. The number of nitrogen functional groups attached to an aromatic ring is 1. The predicted octanol–water partition coefficient (Wildman–Crippen LogP) is 3.24. The van der Waals surface area contributed by atoms with E-state index in [-0.39, 0.29) is 27.7 Å². The molecule has 0 aliphatic heterocycles. The molecule has 0 saturated carbocycles. The Morgan fingerprint density at radius 3 is 2.47 bits per heavy atom. The summed E-state index contributed by atoms with van der Waals surface area (Å²) in [6.45, 7) is 1.63. The molecule has 0 fully saturated rings. The van der Waals surface area contributed by atoms with E-state index in [1.807, 2.05) is 0 Å². The van der Waals surface area contributed by atoms with Gasteiger partial charge in [-0.2, -0.15) is 9.61 Å². The van der Waals surface area contributed by atoms with Gasteiger partial charge in [-0.3, -0.25) is 4.72 Å². The molecule has 0 aliphatic rings. The molecule has 2 aromatic heterocycles. The molecule has 0 radical (unpaired) electrons. The number of aromatic nitrogens is 3. The van der Waals surface area contributed by atoms with Crippen molar-refractivity contribution in [2.45, 2.75) is 11.8 Å². The maximum atomic E-state index is 14.9. The highest BCUT2D eigenvalue weighted by Gasteiger charge is 2.21. The molecule has 3 N–H and O–H groups in total. The zero-order valence-corrected chi connectivity index (χ0v) is 18.3. The quantitative estimate of drug-likeness (QED) is 0.456. The molecule has 9 nitrogen and oxygen atoms in total. The zero-order valence-electron chi connectivity index (χ0n) is 17.5. The van der Waals surface area contributed by atoms with Crippen LogP contribution in [-0.2, 0) is 10.0 Å². The molecule has 0 amide bonds. The van der Waals surface area contributed by atoms with E-state index in [4.69, 9.17) is 15.2 Å². The van der Waals surface area contributed by atoms with E-state index in [9.17, 15) is 12.8 Å². The van der Waals surface area contributed by atoms with E-state index in [0.29, 0.717) is 22.5 Å². The van der Waals surface area contributed by atoms with Crippen molar-refractivity contribution in [2.24, 2.45) is 0 Å². The summed E-state index contributed by atoms with van der Waals surface area (Å²) in [6.07, 6.45) is 2.98. The molecule has 0 bridgehead atoms. The molecular weight excluding hydrogens is 437 g/mol. The summed E-state index contributed by atoms with van der Waals surface area (Å²) in [5.74, 6) is 0.208. The number of nitrogens with two attached hydrogens (primary N) is 1. The Morgan fingerprint density at radius 1 is 1.06 bits per heavy atom. The topological polar surface area (TPSA) is 121 Å². The van der Waals surface area contributed by atoms with Crippen molar-refractivity contribution in [3.8, 4) is 22.6 Å². The lowest BCUT2D eigenvalue weighted by Gasteiger charge is -2.15. The van der Waals surface area contributed by atoms with Crippen LogP contribution in [0.3, 0.4) is 0 Å². The Hall–Kier alpha value is -3.86. The lowest BCUT2D eigenvalue weighted by Crippen LogP contribution is -2.15. The molecule has 0 saturated heterocycles. The van der Waals surface area contributed by atoms with Gasteiger partial charge in [-0.25, -0.2) is 17.8 Å². The van der Waals surface area contributed by atoms with Gasteiger partial charge in [-0.05, 0) is 36.8 Å². The minimum atomic E-state index is -4.03. The monoisotopic (exact) mass is 457 g/mol. The van der Waals surface area contributed by atoms with E-state index in [1.165, 1.54) is 49.3 Å². The largest absolute Gasteiger partial charge is 0.493 e. The van der Waals surface area contributed by atoms with E-state index < -0.39 is 15.8 Å². The molecule has 32 heavy (non-hydrogen) atoms. The molecule has 11 heteroatoms. The second-order valence-corrected chi connectivity index (χ2v) is 8.58. The van der Waals surface area contributed by atoms with Crippen LogP contribution in [0.5, 0.6) is 11.5 Å². The smallest absolute Gasteiger partial charge is 0.262 e. The summed E-state index contributed by atoms with van der Waals surface area (Å²) in [5, 5.41) is 4.06. The normalized spacial score (nSPS) is 11.5. The molecule has 4 rings (SSSR count). The van der Waals surface area contributed by atoms with E-state index in [0.717, 1.165) is 6.07 Å². The molecule has 4 aromatic rings. The van der Waals surface area contributed by atoms with Gasteiger partial charge in [0.25, 0.3) is 10.0 Å². The first-order valence-electron chi connectivity index (χ1n) is 9.38. The summed E-state index contributed by atoms with van der Waals surface area (Å²) >= 11 is 0. The second-order valence-electron chi connectivity index (χ2n) is 6.93. The van der Waals surface area contributed by atoms with Crippen LogP contribution >= 0.6 is 0 Å². The maximum Gasteiger partial charge on any atom is 0.262 e. The third-order valence-electron chi connectivity index (χ3n) is 4.93. The highest BCUT2D eigenvalue weighted by Crippen LogP contribution is 2.34. The molecule has 0 unspecified atom stereocenters. The summed E-state index contributed by atoms with van der Waals surface area (Å²) in [5.41, 5.74) is 7.63. The van der Waals surface area contributed by atoms with Crippen molar-refractivity contribution in [3.63, 3.8) is 0 Å². The average Bonchev–Trinajstić information content (AvgIpc) is 3.24. The highest BCUT2D eigenvalue weighted by atomic mass is 32.2. The third-order valence-corrected chi connectivity index (χ3v) is 6.46. The summed E-state index contributed by atoms with van der Waals surface area (Å²) in [7, 11) is -1.16. The van der Waals surface area contributed by atoms with Crippen LogP contribution in [0.4, 0.5) is 15.9 Å². The van der Waals surface area contributed by atoms with Crippen molar-refractivity contribution in [2.75, 3.05) is 24.7 Å². The van der Waals surface area contributed by atoms with Crippen LogP contribution in [0.2, 0.25) is 0 Å². The van der Waals surface area contributed by atoms with Crippen LogP contribution in [0.1, 0.15) is 5.56 Å². The number of halogens is 1. The summed E-state index contributed by atoms with van der Waals surface area (Å²) < 4.78 is 55.0. The Kier molecular flexibility index (Phi) is 5.35.